The van der Waals surface area contributed by atoms with Crippen LogP contribution in [0.2, 0.25) is 18.1 Å². The molecule has 2 rings (SSSR count). The number of aryl methyl sites for hydroxylation is 1. The van der Waals surface area contributed by atoms with Crippen LogP contribution in [0.4, 0.5) is 16.2 Å². The molecule has 1 aliphatic heterocycles. The van der Waals surface area contributed by atoms with Crippen LogP contribution < -0.4 is 16.0 Å². The fourth-order valence-electron chi connectivity index (χ4n) is 3.76. The van der Waals surface area contributed by atoms with Crippen LogP contribution in [0, 0.1) is 12.8 Å². The zero-order valence-corrected chi connectivity index (χ0v) is 22.0. The Kier molecular flexibility index (Phi) is 7.37. The first-order valence-electron chi connectivity index (χ1n) is 11.1. The number of nitrogens with one attached hydrogen (secondary N) is 1. The third-order valence-corrected chi connectivity index (χ3v) is 10.7. The van der Waals surface area contributed by atoms with Crippen LogP contribution in [0.25, 0.3) is 0 Å². The number of hydrogen-bond donors (Lipinski definition) is 2. The molecule has 0 radical (unpaired) electrons. The minimum absolute atomic E-state index is 0.0758. The normalized spacial score (nSPS) is 22.9. The summed E-state index contributed by atoms with van der Waals surface area (Å²) in [6, 6.07) is -0.223. The van der Waals surface area contributed by atoms with Crippen LogP contribution in [0.3, 0.4) is 0 Å². The quantitative estimate of drug-likeness (QED) is 0.646. The van der Waals surface area contributed by atoms with Gasteiger partial charge in [0, 0.05) is 25.2 Å². The summed E-state index contributed by atoms with van der Waals surface area (Å²) in [6.07, 6.45) is 2.98. The van der Waals surface area contributed by atoms with Gasteiger partial charge in [0.05, 0.1) is 29.7 Å². The lowest BCUT2D eigenvalue weighted by atomic mass is 9.91. The van der Waals surface area contributed by atoms with E-state index in [-0.39, 0.29) is 23.1 Å². The minimum Gasteiger partial charge on any atom is -0.444 e. The van der Waals surface area contributed by atoms with Crippen molar-refractivity contribution < 1.29 is 14.0 Å². The van der Waals surface area contributed by atoms with E-state index in [1.54, 1.807) is 6.20 Å². The Balaban J connectivity index is 2.35. The molecule has 0 aliphatic carbocycles. The number of alkyl carbamates (subject to hydrolysis) is 1. The van der Waals surface area contributed by atoms with Gasteiger partial charge in [-0.1, -0.05) is 27.7 Å². The van der Waals surface area contributed by atoms with Crippen LogP contribution >= 0.6 is 0 Å². The fourth-order valence-corrected chi connectivity index (χ4v) is 5.19. The van der Waals surface area contributed by atoms with E-state index in [4.69, 9.17) is 14.9 Å². The molecule has 0 unspecified atom stereocenters. The van der Waals surface area contributed by atoms with Gasteiger partial charge in [-0.15, -0.1) is 0 Å². The Morgan fingerprint density at radius 2 is 1.81 bits per heavy atom. The number of piperidine rings is 1. The molecule has 3 atom stereocenters. The number of nitrogen functional groups attached to an aromatic ring is 1. The number of pyridine rings is 1. The maximum absolute atomic E-state index is 12.7. The Morgan fingerprint density at radius 3 is 2.32 bits per heavy atom. The standard InChI is InChI=1S/C23H42N4O3Si/c1-15-11-25-12-17(24)19(15)27-13-16(2)20(30-31(9,10)23(6,7)8)18(14-27)26-21(28)29-22(3,4)5/h11-12,16,18,20H,13-14,24H2,1-10H3,(H,26,28)/t16-,18+,20+/m0/s1. The SMILES string of the molecule is Cc1cncc(N)c1N1C[C@H](C)[C@@H](O[Si](C)(C)C(C)(C)C)[C@H](NC(=O)OC(C)(C)C)C1. The van der Waals surface area contributed by atoms with Crippen molar-refractivity contribution in [1.82, 2.24) is 10.3 Å². The summed E-state index contributed by atoms with van der Waals surface area (Å²) in [5.74, 6) is 0.190. The monoisotopic (exact) mass is 450 g/mol. The molecule has 1 saturated heterocycles. The third kappa shape index (κ3) is 6.35. The lowest BCUT2D eigenvalue weighted by molar-refractivity contribution is 0.0336. The second kappa shape index (κ2) is 8.98. The highest BCUT2D eigenvalue weighted by atomic mass is 28.4. The van der Waals surface area contributed by atoms with Gasteiger partial charge in [-0.25, -0.2) is 4.79 Å². The molecule has 0 saturated carbocycles. The second-order valence-electron chi connectivity index (χ2n) is 11.4. The molecular weight excluding hydrogens is 408 g/mol. The van der Waals surface area contributed by atoms with Gasteiger partial charge in [-0.2, -0.15) is 0 Å². The summed E-state index contributed by atoms with van der Waals surface area (Å²) < 4.78 is 12.4. The number of anilines is 2. The Bertz CT molecular complexity index is 766. The van der Waals surface area contributed by atoms with Gasteiger partial charge in [0.15, 0.2) is 8.32 Å². The summed E-state index contributed by atoms with van der Waals surface area (Å²) in [5.41, 5.74) is 8.36. The zero-order valence-electron chi connectivity index (χ0n) is 21.0. The lowest BCUT2D eigenvalue weighted by Crippen LogP contribution is -2.63. The average molecular weight is 451 g/mol. The van der Waals surface area contributed by atoms with Gasteiger partial charge in [-0.05, 0) is 51.4 Å². The molecule has 1 amide bonds. The largest absolute Gasteiger partial charge is 0.444 e. The average Bonchev–Trinajstić information content (AvgIpc) is 2.55. The number of amides is 1. The number of rotatable bonds is 4. The number of hydrogen-bond acceptors (Lipinski definition) is 6. The third-order valence-electron chi connectivity index (χ3n) is 6.27. The minimum atomic E-state index is -2.04. The van der Waals surface area contributed by atoms with Gasteiger partial charge in [-0.3, -0.25) is 4.98 Å². The summed E-state index contributed by atoms with van der Waals surface area (Å²) in [5, 5.41) is 3.18. The molecule has 0 spiro atoms. The van der Waals surface area contributed by atoms with E-state index in [2.05, 4.69) is 56.0 Å². The maximum Gasteiger partial charge on any atom is 0.408 e. The Labute approximate surface area is 189 Å². The van der Waals surface area contributed by atoms with Crippen molar-refractivity contribution in [3.63, 3.8) is 0 Å². The van der Waals surface area contributed by atoms with Crippen molar-refractivity contribution in [3.05, 3.63) is 18.0 Å². The molecule has 1 aliphatic rings. The molecule has 1 aromatic rings. The van der Waals surface area contributed by atoms with Crippen molar-refractivity contribution in [2.45, 2.75) is 91.3 Å². The van der Waals surface area contributed by atoms with Crippen molar-refractivity contribution in [2.75, 3.05) is 23.7 Å². The molecule has 0 bridgehead atoms. The van der Waals surface area contributed by atoms with Crippen LogP contribution in [-0.4, -0.2) is 50.2 Å². The van der Waals surface area contributed by atoms with Gasteiger partial charge in [0.2, 0.25) is 0 Å². The maximum atomic E-state index is 12.7. The topological polar surface area (TPSA) is 89.7 Å². The van der Waals surface area contributed by atoms with Crippen molar-refractivity contribution in [3.8, 4) is 0 Å². The Hall–Kier alpha value is -1.80. The molecule has 8 heteroatoms. The van der Waals surface area contributed by atoms with E-state index in [1.807, 2.05) is 33.9 Å². The highest BCUT2D eigenvalue weighted by molar-refractivity contribution is 6.74. The van der Waals surface area contributed by atoms with Gasteiger partial charge < -0.3 is 25.1 Å². The lowest BCUT2D eigenvalue weighted by Gasteiger charge is -2.48. The summed E-state index contributed by atoms with van der Waals surface area (Å²) in [6.45, 7) is 22.4. The van der Waals surface area contributed by atoms with Gasteiger partial charge in [0.25, 0.3) is 0 Å². The number of aromatic nitrogens is 1. The molecular formula is C23H42N4O3Si. The van der Waals surface area contributed by atoms with E-state index in [9.17, 15) is 4.79 Å². The van der Waals surface area contributed by atoms with E-state index in [0.29, 0.717) is 12.2 Å². The number of carbonyl (C=O) groups is 1. The van der Waals surface area contributed by atoms with Crippen molar-refractivity contribution in [2.24, 2.45) is 5.92 Å². The predicted molar refractivity (Wildman–Crippen MR) is 130 cm³/mol. The summed E-state index contributed by atoms with van der Waals surface area (Å²) in [7, 11) is -2.04. The molecule has 0 aromatic carbocycles. The number of ether oxygens (including phenoxy) is 1. The number of carbonyl (C=O) groups excluding carboxylic acids is 1. The molecule has 7 nitrogen and oxygen atoms in total. The molecule has 1 fully saturated rings. The van der Waals surface area contributed by atoms with E-state index in [1.165, 1.54) is 0 Å². The van der Waals surface area contributed by atoms with Gasteiger partial charge in [0.1, 0.15) is 5.60 Å². The van der Waals surface area contributed by atoms with Crippen molar-refractivity contribution >= 4 is 25.8 Å². The number of nitrogens with zero attached hydrogens (tertiary/aromatic N) is 2. The first-order chi connectivity index (χ1) is 14.0. The predicted octanol–water partition coefficient (Wildman–Crippen LogP) is 4.71. The molecule has 1 aromatic heterocycles. The van der Waals surface area contributed by atoms with Crippen LogP contribution in [0.5, 0.6) is 0 Å². The smallest absolute Gasteiger partial charge is 0.408 e. The molecule has 31 heavy (non-hydrogen) atoms. The molecule has 176 valence electrons. The van der Waals surface area contributed by atoms with Crippen molar-refractivity contribution in [1.29, 1.82) is 0 Å². The summed E-state index contributed by atoms with van der Waals surface area (Å²) in [4.78, 5) is 19.1. The van der Waals surface area contributed by atoms with Crippen LogP contribution in [0.1, 0.15) is 54.0 Å². The molecule has 3 N–H and O–H groups in total. The second-order valence-corrected chi connectivity index (χ2v) is 16.1. The van der Waals surface area contributed by atoms with E-state index >= 15 is 0 Å². The Morgan fingerprint density at radius 1 is 1.19 bits per heavy atom. The highest BCUT2D eigenvalue weighted by Crippen LogP contribution is 2.40. The zero-order chi connectivity index (χ0) is 23.8. The van der Waals surface area contributed by atoms with Crippen LogP contribution in [-0.2, 0) is 9.16 Å². The highest BCUT2D eigenvalue weighted by Gasteiger charge is 2.45. The summed E-state index contributed by atoms with van der Waals surface area (Å²) >= 11 is 0. The number of nitrogens with two attached hydrogens (primary N) is 1. The van der Waals surface area contributed by atoms with E-state index < -0.39 is 20.0 Å². The van der Waals surface area contributed by atoms with E-state index in [0.717, 1.165) is 17.8 Å². The molecule has 2 heterocycles. The first kappa shape index (κ1) is 25.5. The van der Waals surface area contributed by atoms with Gasteiger partial charge >= 0.3 is 6.09 Å². The van der Waals surface area contributed by atoms with Crippen LogP contribution in [0.15, 0.2) is 12.4 Å². The first-order valence-corrected chi connectivity index (χ1v) is 14.0. The fraction of sp³-hybridized carbons (Fsp3) is 0.739.